The van der Waals surface area contributed by atoms with Gasteiger partial charge >= 0.3 is 18.0 Å². The summed E-state index contributed by atoms with van der Waals surface area (Å²) in [5, 5.41) is 22.8. The minimum absolute atomic E-state index is 0.00974. The molecule has 2 amide bonds. The molecule has 3 N–H and O–H groups in total. The Balaban J connectivity index is 0.000000456. The Bertz CT molecular complexity index is 3190. The van der Waals surface area contributed by atoms with Crippen LogP contribution >= 0.6 is 11.8 Å². The van der Waals surface area contributed by atoms with Gasteiger partial charge in [-0.1, -0.05) is 71.9 Å². The summed E-state index contributed by atoms with van der Waals surface area (Å²) in [5.41, 5.74) is 2.68. The van der Waals surface area contributed by atoms with Crippen LogP contribution in [0.25, 0.3) is 21.8 Å². The SMILES string of the molecule is CSc1ccc(OC(C)=O)cc1.Cc1ccccc1NC(=O)c1cc(OC(=O)c2ccccc2N(C(=O)n2nnc3ccccc32)c2ccc(NS(C)(=O)=O)cc2)c2ccccc2c1O. The monoisotopic (exact) mass is 908 g/mol. The van der Waals surface area contributed by atoms with Gasteiger partial charge in [0, 0.05) is 34.0 Å². The number of thioether (sulfide) groups is 1. The number of para-hydroxylation sites is 3. The van der Waals surface area contributed by atoms with Gasteiger partial charge in [-0.15, -0.1) is 16.9 Å². The van der Waals surface area contributed by atoms with Gasteiger partial charge in [-0.05, 0) is 104 Å². The molecule has 0 atom stereocenters. The molecule has 8 aromatic rings. The zero-order valence-electron chi connectivity index (χ0n) is 35.3. The first-order valence-corrected chi connectivity index (χ1v) is 22.8. The fourth-order valence-electron chi connectivity index (χ4n) is 6.64. The second-order valence-corrected chi connectivity index (χ2v) is 16.9. The zero-order chi connectivity index (χ0) is 46.3. The van der Waals surface area contributed by atoms with Crippen molar-refractivity contribution in [1.82, 2.24) is 15.0 Å². The highest BCUT2D eigenvalue weighted by Crippen LogP contribution is 2.38. The highest BCUT2D eigenvalue weighted by Gasteiger charge is 2.29. The smallest absolute Gasteiger partial charge is 0.355 e. The number of aryl methyl sites for hydroxylation is 1. The number of carbonyl (C=O) groups excluding carboxylic acids is 4. The van der Waals surface area contributed by atoms with Gasteiger partial charge in [-0.25, -0.2) is 18.0 Å². The maximum atomic E-state index is 14.4. The molecule has 0 saturated carbocycles. The Morgan fingerprint density at radius 3 is 2.09 bits per heavy atom. The number of carbonyl (C=O) groups is 4. The number of hydrogen-bond acceptors (Lipinski definition) is 12. The summed E-state index contributed by atoms with van der Waals surface area (Å²) < 4.78 is 38.1. The van der Waals surface area contributed by atoms with E-state index in [1.165, 1.54) is 48.2 Å². The van der Waals surface area contributed by atoms with E-state index >= 15 is 0 Å². The number of amides is 2. The van der Waals surface area contributed by atoms with Gasteiger partial charge in [0.05, 0.1) is 34.3 Å². The number of esters is 2. The third-order valence-corrected chi connectivity index (χ3v) is 11.0. The number of aromatic nitrogens is 3. The van der Waals surface area contributed by atoms with Crippen LogP contribution in [-0.4, -0.2) is 64.9 Å². The number of nitrogens with zero attached hydrogens (tertiary/aromatic N) is 4. The Labute approximate surface area is 377 Å². The van der Waals surface area contributed by atoms with Gasteiger partial charge in [0.1, 0.15) is 22.8 Å². The van der Waals surface area contributed by atoms with E-state index < -0.39 is 27.9 Å². The van der Waals surface area contributed by atoms with Gasteiger partial charge in [0.25, 0.3) is 5.91 Å². The molecule has 0 radical (unpaired) electrons. The summed E-state index contributed by atoms with van der Waals surface area (Å²) >= 11 is 1.66. The lowest BCUT2D eigenvalue weighted by Gasteiger charge is -2.25. The molecule has 65 heavy (non-hydrogen) atoms. The molecule has 7 aromatic carbocycles. The standard InChI is InChI=1S/C39H30N6O7S.C9H10O2S/c1-24-11-3-7-15-31(24)40-37(47)30-23-35(27-12-4-5-13-28(27)36(30)46)52-38(48)29-14-6-9-17-33(29)44(26-21-19-25(20-22-26)42-53(2,50)51)39(49)45-34-18-10-8-16-32(34)41-43-45;1-7(10)11-8-3-5-9(12-2)6-4-8/h3-23,42,46H,1-2H3,(H,40,47);3-6H,1-2H3. The fraction of sp³-hybridized carbons (Fsp3) is 0.0833. The number of aromatic hydroxyl groups is 1. The topological polar surface area (TPSA) is 199 Å². The molecule has 0 saturated heterocycles. The highest BCUT2D eigenvalue weighted by molar-refractivity contribution is 7.98. The number of ether oxygens (including phenoxy) is 2. The van der Waals surface area contributed by atoms with E-state index in [0.717, 1.165) is 21.4 Å². The number of benzene rings is 7. The van der Waals surface area contributed by atoms with Crippen LogP contribution < -0.4 is 24.4 Å². The summed E-state index contributed by atoms with van der Waals surface area (Å²) in [5.74, 6) is -1.49. The molecule has 0 aliphatic rings. The Kier molecular flexibility index (Phi) is 13.6. The second-order valence-electron chi connectivity index (χ2n) is 14.3. The average molecular weight is 909 g/mol. The first kappa shape index (κ1) is 45.0. The quantitative estimate of drug-likeness (QED) is 0.0668. The van der Waals surface area contributed by atoms with Crippen LogP contribution in [0.3, 0.4) is 0 Å². The molecular formula is C48H40N6O9S2. The van der Waals surface area contributed by atoms with Crippen molar-refractivity contribution in [3.63, 3.8) is 0 Å². The Morgan fingerprint density at radius 2 is 1.40 bits per heavy atom. The number of rotatable bonds is 10. The van der Waals surface area contributed by atoms with Crippen molar-refractivity contribution in [2.45, 2.75) is 18.7 Å². The van der Waals surface area contributed by atoms with Crippen LogP contribution in [0, 0.1) is 6.92 Å². The predicted molar refractivity (Wildman–Crippen MR) is 251 cm³/mol. The van der Waals surface area contributed by atoms with Crippen LogP contribution in [-0.2, 0) is 14.8 Å². The molecular weight excluding hydrogens is 869 g/mol. The minimum atomic E-state index is -3.59. The number of fused-ring (bicyclic) bond motifs is 2. The molecule has 1 aromatic heterocycles. The van der Waals surface area contributed by atoms with Gasteiger partial charge in [0.15, 0.2) is 0 Å². The Hall–Kier alpha value is -8.02. The van der Waals surface area contributed by atoms with E-state index in [1.807, 2.05) is 37.4 Å². The normalized spacial score (nSPS) is 11.0. The number of sulfonamides is 1. The van der Waals surface area contributed by atoms with Crippen molar-refractivity contribution in [3.05, 3.63) is 168 Å². The summed E-state index contributed by atoms with van der Waals surface area (Å²) in [6, 6.07) is 40.9. The minimum Gasteiger partial charge on any atom is -0.506 e. The van der Waals surface area contributed by atoms with E-state index in [2.05, 4.69) is 20.4 Å². The first-order chi connectivity index (χ1) is 31.2. The third-order valence-electron chi connectivity index (χ3n) is 9.66. The highest BCUT2D eigenvalue weighted by atomic mass is 32.2. The molecule has 0 aliphatic carbocycles. The fourth-order valence-corrected chi connectivity index (χ4v) is 7.62. The summed E-state index contributed by atoms with van der Waals surface area (Å²) in [6.07, 6.45) is 3.02. The molecule has 328 valence electrons. The van der Waals surface area contributed by atoms with Gasteiger partial charge in [-0.2, -0.15) is 4.68 Å². The third kappa shape index (κ3) is 10.6. The van der Waals surface area contributed by atoms with E-state index in [1.54, 1.807) is 103 Å². The van der Waals surface area contributed by atoms with Crippen molar-refractivity contribution in [2.24, 2.45) is 0 Å². The lowest BCUT2D eigenvalue weighted by molar-refractivity contribution is -0.131. The van der Waals surface area contributed by atoms with Crippen molar-refractivity contribution in [2.75, 3.05) is 27.5 Å². The number of anilines is 4. The number of hydrogen-bond donors (Lipinski definition) is 3. The van der Waals surface area contributed by atoms with Crippen LogP contribution in [0.2, 0.25) is 0 Å². The summed E-state index contributed by atoms with van der Waals surface area (Å²) in [4.78, 5) is 55.1. The lowest BCUT2D eigenvalue weighted by atomic mass is 10.0. The Morgan fingerprint density at radius 1 is 0.754 bits per heavy atom. The summed E-state index contributed by atoms with van der Waals surface area (Å²) in [6.45, 7) is 3.23. The largest absolute Gasteiger partial charge is 0.506 e. The van der Waals surface area contributed by atoms with Crippen molar-refractivity contribution >= 4 is 90.2 Å². The molecule has 8 rings (SSSR count). The maximum Gasteiger partial charge on any atom is 0.355 e. The van der Waals surface area contributed by atoms with Crippen LogP contribution in [0.1, 0.15) is 33.2 Å². The lowest BCUT2D eigenvalue weighted by Crippen LogP contribution is -2.33. The molecule has 15 nitrogen and oxygen atoms in total. The van der Waals surface area contributed by atoms with Crippen molar-refractivity contribution < 1.29 is 42.2 Å². The number of phenolic OH excluding ortho intramolecular Hbond substituents is 1. The first-order valence-electron chi connectivity index (χ1n) is 19.7. The number of nitrogens with one attached hydrogen (secondary N) is 2. The van der Waals surface area contributed by atoms with Crippen LogP contribution in [0.4, 0.5) is 27.5 Å². The molecule has 0 fully saturated rings. The molecule has 1 heterocycles. The van der Waals surface area contributed by atoms with E-state index in [-0.39, 0.29) is 51.0 Å². The van der Waals surface area contributed by atoms with Crippen LogP contribution in [0.15, 0.2) is 157 Å². The van der Waals surface area contributed by atoms with E-state index in [4.69, 9.17) is 9.47 Å². The molecule has 0 spiro atoms. The molecule has 0 bridgehead atoms. The summed E-state index contributed by atoms with van der Waals surface area (Å²) in [7, 11) is -3.59. The van der Waals surface area contributed by atoms with E-state index in [0.29, 0.717) is 27.9 Å². The van der Waals surface area contributed by atoms with Crippen molar-refractivity contribution in [3.8, 4) is 17.2 Å². The number of phenols is 1. The van der Waals surface area contributed by atoms with E-state index in [9.17, 15) is 32.7 Å². The maximum absolute atomic E-state index is 14.4. The van der Waals surface area contributed by atoms with Gasteiger partial charge in [-0.3, -0.25) is 19.2 Å². The zero-order valence-corrected chi connectivity index (χ0v) is 36.9. The van der Waals surface area contributed by atoms with Crippen molar-refractivity contribution in [1.29, 1.82) is 0 Å². The van der Waals surface area contributed by atoms with Gasteiger partial charge in [0.2, 0.25) is 10.0 Å². The molecule has 0 unspecified atom stereocenters. The second kappa shape index (κ2) is 19.6. The average Bonchev–Trinajstić information content (AvgIpc) is 3.73. The predicted octanol–water partition coefficient (Wildman–Crippen LogP) is 9.58. The molecule has 17 heteroatoms. The van der Waals surface area contributed by atoms with Gasteiger partial charge < -0.3 is 19.9 Å². The molecule has 0 aliphatic heterocycles. The van der Waals surface area contributed by atoms with Crippen LogP contribution in [0.5, 0.6) is 17.2 Å².